The number of rotatable bonds is 0. The van der Waals surface area contributed by atoms with Gasteiger partial charge in [0.05, 0.1) is 0 Å². The molecule has 3 saturated heterocycles. The average molecular weight is 272 g/mol. The first-order valence-electron chi connectivity index (χ1n) is 3.54. The van der Waals surface area contributed by atoms with E-state index >= 15 is 0 Å². The van der Waals surface area contributed by atoms with Crippen molar-refractivity contribution in [3.8, 4) is 0 Å². The first-order chi connectivity index (χ1) is 4.95. The molecule has 2 nitrogen and oxygen atoms in total. The third-order valence-electron chi connectivity index (χ3n) is 2.20. The first-order valence-corrected chi connectivity index (χ1v) is 7.25. The molecule has 3 rings (SSSR count). The van der Waals surface area contributed by atoms with Gasteiger partial charge in [-0.3, -0.25) is 9.80 Å². The molecular weight excluding hydrogens is 260 g/mol. The van der Waals surface area contributed by atoms with Crippen LogP contribution < -0.4 is 0 Å². The van der Waals surface area contributed by atoms with Gasteiger partial charge in [-0.15, -0.1) is 0 Å². The predicted octanol–water partition coefficient (Wildman–Crippen LogP) is 1.31. The zero-order valence-corrected chi connectivity index (χ0v) is 9.06. The minimum absolute atomic E-state index is 1.32. The van der Waals surface area contributed by atoms with Gasteiger partial charge in [0.2, 0.25) is 0 Å². The highest BCUT2D eigenvalue weighted by Crippen LogP contribution is 2.06. The van der Waals surface area contributed by atoms with Crippen LogP contribution in [0.4, 0.5) is 0 Å². The summed E-state index contributed by atoms with van der Waals surface area (Å²) in [5, 5.41) is 0. The molecule has 0 aromatic heterocycles. The molecule has 10 heavy (non-hydrogen) atoms. The summed E-state index contributed by atoms with van der Waals surface area (Å²) in [4.78, 5) is 5.08. The zero-order valence-electron chi connectivity index (χ0n) is 5.89. The molecule has 0 unspecified atom stereocenters. The fourth-order valence-corrected chi connectivity index (χ4v) is 1.52. The molecule has 0 aromatic rings. The minimum atomic E-state index is 1.32. The highest BCUT2D eigenvalue weighted by molar-refractivity contribution is 9.93. The van der Waals surface area contributed by atoms with Crippen molar-refractivity contribution in [2.75, 3.05) is 39.3 Å². The van der Waals surface area contributed by atoms with Crippen molar-refractivity contribution in [2.24, 2.45) is 0 Å². The van der Waals surface area contributed by atoms with Gasteiger partial charge in [0.1, 0.15) is 0 Å². The third kappa shape index (κ3) is 2.19. The van der Waals surface area contributed by atoms with Crippen LogP contribution in [-0.4, -0.2) is 49.1 Å². The van der Waals surface area contributed by atoms with Crippen molar-refractivity contribution in [3.63, 3.8) is 0 Å². The zero-order chi connectivity index (χ0) is 7.40. The van der Waals surface area contributed by atoms with Gasteiger partial charge < -0.3 is 0 Å². The van der Waals surface area contributed by atoms with E-state index < -0.39 is 0 Å². The average Bonchev–Trinajstić information content (AvgIpc) is 2.11. The highest BCUT2D eigenvalue weighted by Gasteiger charge is 2.21. The molecule has 0 aliphatic carbocycles. The maximum absolute atomic E-state index is 2.75. The molecule has 0 spiro atoms. The number of halogens is 2. The molecule has 3 aliphatic rings. The summed E-state index contributed by atoms with van der Waals surface area (Å²) in [7, 11) is 0. The summed E-state index contributed by atoms with van der Waals surface area (Å²) >= 11 is 5.50. The Morgan fingerprint density at radius 3 is 0.900 bits per heavy atom. The lowest BCUT2D eigenvalue weighted by Gasteiger charge is -2.41. The van der Waals surface area contributed by atoms with Gasteiger partial charge in [-0.2, -0.15) is 0 Å². The molecular formula is C6H12Br2N2. The Morgan fingerprint density at radius 2 is 0.800 bits per heavy atom. The highest BCUT2D eigenvalue weighted by atomic mass is 80.9. The third-order valence-corrected chi connectivity index (χ3v) is 2.20. The van der Waals surface area contributed by atoms with Crippen LogP contribution in [0.25, 0.3) is 0 Å². The van der Waals surface area contributed by atoms with E-state index in [9.17, 15) is 0 Å². The summed E-state index contributed by atoms with van der Waals surface area (Å²) in [6, 6.07) is 0. The Hall–Kier alpha value is 0.880. The first kappa shape index (κ1) is 8.97. The largest absolute Gasteiger partial charge is 0.300 e. The number of piperazine rings is 3. The standard InChI is InChI=1S/C6H12N2.Br2/c1-2-8-5-3-7(1)4-6-8;1-2/h1-6H2;. The van der Waals surface area contributed by atoms with Crippen LogP contribution >= 0.6 is 28.3 Å². The second-order valence-corrected chi connectivity index (χ2v) is 2.68. The van der Waals surface area contributed by atoms with Crippen molar-refractivity contribution in [3.05, 3.63) is 0 Å². The molecule has 0 amide bonds. The van der Waals surface area contributed by atoms with Crippen LogP contribution in [0, 0.1) is 0 Å². The normalized spacial score (nSPS) is 36.6. The monoisotopic (exact) mass is 270 g/mol. The summed E-state index contributed by atoms with van der Waals surface area (Å²) in [6.45, 7) is 7.92. The van der Waals surface area contributed by atoms with Crippen LogP contribution in [0.5, 0.6) is 0 Å². The second-order valence-electron chi connectivity index (χ2n) is 2.68. The molecule has 3 aliphatic heterocycles. The lowest BCUT2D eigenvalue weighted by atomic mass is 10.2. The van der Waals surface area contributed by atoms with Gasteiger partial charge >= 0.3 is 0 Å². The number of hydrogen-bond donors (Lipinski definition) is 0. The fourth-order valence-electron chi connectivity index (χ4n) is 1.52. The Balaban J connectivity index is 0.000000231. The molecule has 2 bridgehead atoms. The topological polar surface area (TPSA) is 6.48 Å². The summed E-state index contributed by atoms with van der Waals surface area (Å²) in [5.41, 5.74) is 0. The van der Waals surface area contributed by atoms with E-state index in [0.29, 0.717) is 0 Å². The molecule has 60 valence electrons. The van der Waals surface area contributed by atoms with Crippen LogP contribution in [0.2, 0.25) is 0 Å². The molecule has 0 N–H and O–H groups in total. The molecule has 0 saturated carbocycles. The molecule has 0 aromatic carbocycles. The van der Waals surface area contributed by atoms with E-state index in [1.807, 2.05) is 0 Å². The Kier molecular flexibility index (Phi) is 4.21. The molecule has 4 heteroatoms. The van der Waals surface area contributed by atoms with Crippen LogP contribution in [0.15, 0.2) is 0 Å². The predicted molar refractivity (Wildman–Crippen MR) is 50.7 cm³/mol. The van der Waals surface area contributed by atoms with Gasteiger partial charge in [0.25, 0.3) is 0 Å². The van der Waals surface area contributed by atoms with E-state index in [0.717, 1.165) is 0 Å². The van der Waals surface area contributed by atoms with E-state index in [4.69, 9.17) is 0 Å². The maximum atomic E-state index is 2.75. The molecule has 0 atom stereocenters. The second kappa shape index (κ2) is 4.70. The van der Waals surface area contributed by atoms with Crippen molar-refractivity contribution < 1.29 is 0 Å². The number of fused-ring (bicyclic) bond motifs is 3. The summed E-state index contributed by atoms with van der Waals surface area (Å²) in [6.07, 6.45) is 0. The quantitative estimate of drug-likeness (QED) is 0.656. The lowest BCUT2D eigenvalue weighted by Crippen LogP contribution is -2.55. The van der Waals surface area contributed by atoms with E-state index in [1.165, 1.54) is 39.3 Å². The minimum Gasteiger partial charge on any atom is -0.300 e. The van der Waals surface area contributed by atoms with Crippen molar-refractivity contribution >= 4 is 28.3 Å². The number of hydrogen-bond acceptors (Lipinski definition) is 2. The summed E-state index contributed by atoms with van der Waals surface area (Å²) in [5.74, 6) is 0. The SMILES string of the molecule is BrBr.C1CN2CCN1CC2. The number of nitrogens with zero attached hydrogens (tertiary/aromatic N) is 2. The smallest absolute Gasteiger partial charge is 0.0110 e. The van der Waals surface area contributed by atoms with Crippen molar-refractivity contribution in [1.82, 2.24) is 9.80 Å². The van der Waals surface area contributed by atoms with Gasteiger partial charge in [-0.25, -0.2) is 0 Å². The van der Waals surface area contributed by atoms with Crippen molar-refractivity contribution in [1.29, 1.82) is 0 Å². The molecule has 3 heterocycles. The molecule has 0 radical (unpaired) electrons. The van der Waals surface area contributed by atoms with E-state index in [-0.39, 0.29) is 0 Å². The lowest BCUT2D eigenvalue weighted by molar-refractivity contribution is 0.0647. The van der Waals surface area contributed by atoms with Gasteiger partial charge in [-0.05, 0) is 0 Å². The fraction of sp³-hybridized carbons (Fsp3) is 1.00. The Morgan fingerprint density at radius 1 is 0.600 bits per heavy atom. The van der Waals surface area contributed by atoms with Crippen LogP contribution in [0.3, 0.4) is 0 Å². The van der Waals surface area contributed by atoms with Gasteiger partial charge in [0.15, 0.2) is 0 Å². The van der Waals surface area contributed by atoms with Crippen LogP contribution in [0.1, 0.15) is 0 Å². The maximum Gasteiger partial charge on any atom is 0.0110 e. The van der Waals surface area contributed by atoms with E-state index in [2.05, 4.69) is 38.1 Å². The van der Waals surface area contributed by atoms with Crippen LogP contribution in [-0.2, 0) is 0 Å². The van der Waals surface area contributed by atoms with Crippen molar-refractivity contribution in [2.45, 2.75) is 0 Å². The van der Waals surface area contributed by atoms with Gasteiger partial charge in [0, 0.05) is 67.5 Å². The van der Waals surface area contributed by atoms with Gasteiger partial charge in [-0.1, -0.05) is 0 Å². The Labute approximate surface area is 77.4 Å². The molecule has 3 fully saturated rings. The Bertz CT molecular complexity index is 68.7. The van der Waals surface area contributed by atoms with E-state index in [1.54, 1.807) is 0 Å². The summed E-state index contributed by atoms with van der Waals surface area (Å²) < 4.78 is 0.